The van der Waals surface area contributed by atoms with E-state index in [1.54, 1.807) is 0 Å². The van der Waals surface area contributed by atoms with Gasteiger partial charge in [-0.3, -0.25) is 0 Å². The van der Waals surface area contributed by atoms with Gasteiger partial charge in [-0.15, -0.1) is 0 Å². The van der Waals surface area contributed by atoms with Gasteiger partial charge in [0.2, 0.25) is 0 Å². The van der Waals surface area contributed by atoms with Gasteiger partial charge in [-0.25, -0.2) is 0 Å². The third-order valence-corrected chi connectivity index (χ3v) is 0. The monoisotopic (exact) mass is 274 g/mol. The summed E-state index contributed by atoms with van der Waals surface area (Å²) in [7, 11) is 0. The van der Waals surface area contributed by atoms with Gasteiger partial charge in [-0.05, 0) is 0 Å². The first kappa shape index (κ1) is 43.4. The molecule has 0 aromatic carbocycles. The summed E-state index contributed by atoms with van der Waals surface area (Å²) in [6.07, 6.45) is 0. The Labute approximate surface area is 314 Å². The fourth-order valence-corrected chi connectivity index (χ4v) is 0. The third-order valence-electron chi connectivity index (χ3n) is 0. The number of rotatable bonds is 0. The zero-order valence-electron chi connectivity index (χ0n) is 12.7. The van der Waals surface area contributed by atoms with E-state index in [1.165, 1.54) is 0 Å². The molecule has 1 atom stereocenters. The standard InChI is InChI=1S/6K.H3P.6H/h;;;;;;1H3;;;;;;/q6*+1;;6*-1. The molecule has 0 fully saturated rings. The largest absolute Gasteiger partial charge is 1.00 e. The van der Waals surface area contributed by atoms with Crippen molar-refractivity contribution in [1.82, 2.24) is 0 Å². The molecule has 0 radical (unpaired) electrons. The molecular weight excluding hydrogens is 266 g/mol. The Balaban J connectivity index is 0. The van der Waals surface area contributed by atoms with Crippen molar-refractivity contribution in [2.45, 2.75) is 0 Å². The number of hydrogen-bond acceptors (Lipinski definition) is 0. The van der Waals surface area contributed by atoms with Crippen molar-refractivity contribution in [3.8, 4) is 0 Å². The van der Waals surface area contributed by atoms with Gasteiger partial charge in [0, 0.05) is 0 Å². The molecule has 0 heterocycles. The van der Waals surface area contributed by atoms with Crippen LogP contribution in [0.1, 0.15) is 8.56 Å². The fraction of sp³-hybridized carbons (Fsp3) is 0. The van der Waals surface area contributed by atoms with E-state index in [4.69, 9.17) is 0 Å². The maximum Gasteiger partial charge on any atom is 1.00 e. The van der Waals surface area contributed by atoms with Crippen LogP contribution in [0.3, 0.4) is 0 Å². The van der Waals surface area contributed by atoms with Crippen LogP contribution in [-0.2, 0) is 0 Å². The molecule has 7 heteroatoms. The van der Waals surface area contributed by atoms with Crippen LogP contribution in [-0.4, -0.2) is 0 Å². The Morgan fingerprint density at radius 2 is 0.429 bits per heavy atom. The van der Waals surface area contributed by atoms with Crippen LogP contribution >= 0.6 is 9.90 Å². The van der Waals surface area contributed by atoms with Gasteiger partial charge in [0.25, 0.3) is 0 Å². The van der Waals surface area contributed by atoms with Gasteiger partial charge < -0.3 is 8.56 Å². The van der Waals surface area contributed by atoms with E-state index in [9.17, 15) is 0 Å². The van der Waals surface area contributed by atoms with E-state index < -0.39 is 0 Å². The van der Waals surface area contributed by atoms with Crippen LogP contribution in [0.4, 0.5) is 0 Å². The first-order chi connectivity index (χ1) is 0. The molecule has 0 amide bonds. The first-order valence-corrected chi connectivity index (χ1v) is 0. The van der Waals surface area contributed by atoms with Crippen molar-refractivity contribution in [3.05, 3.63) is 0 Å². The summed E-state index contributed by atoms with van der Waals surface area (Å²) >= 11 is 0. The molecule has 7 heavy (non-hydrogen) atoms. The Bertz CT molecular complexity index is 17.1. The summed E-state index contributed by atoms with van der Waals surface area (Å²) in [5.41, 5.74) is 0. The predicted octanol–water partition coefficient (Wildman–Crippen LogP) is -17.2. The van der Waals surface area contributed by atoms with E-state index in [0.29, 0.717) is 0 Å². The van der Waals surface area contributed by atoms with Crippen molar-refractivity contribution < 1.29 is 317 Å². The average Bonchev–Trinajstić information content (AvgIpc) is 0. The summed E-state index contributed by atoms with van der Waals surface area (Å²) in [4.78, 5) is 0. The molecule has 1 unspecified atom stereocenters. The molecule has 0 aliphatic rings. The molecule has 0 aliphatic heterocycles. The minimum absolute atomic E-state index is 0. The maximum atomic E-state index is 0. The fourth-order valence-electron chi connectivity index (χ4n) is 0. The molecule has 0 aromatic heterocycles. The van der Waals surface area contributed by atoms with E-state index in [-0.39, 0.29) is 327 Å². The smallest absolute Gasteiger partial charge is 1.00 e. The Kier molecular flexibility index (Phi) is 223. The molecule has 0 saturated carbocycles. The average molecular weight is 275 g/mol. The minimum Gasteiger partial charge on any atom is -1.00 e. The normalized spacial score (nSPS) is 0. The molecule has 0 bridgehead atoms. The second kappa shape index (κ2) is 36.0. The Morgan fingerprint density at radius 3 is 0.429 bits per heavy atom. The van der Waals surface area contributed by atoms with Gasteiger partial charge in [0.05, 0.1) is 0 Å². The van der Waals surface area contributed by atoms with Gasteiger partial charge in [0.1, 0.15) is 0 Å². The van der Waals surface area contributed by atoms with Crippen LogP contribution in [0.2, 0.25) is 0 Å². The zero-order valence-corrected chi connectivity index (χ0v) is 26.9. The molecular formula is H9K6P. The molecule has 0 saturated heterocycles. The zero-order chi connectivity index (χ0) is 0. The predicted molar refractivity (Wildman–Crippen MR) is 17.8 cm³/mol. The summed E-state index contributed by atoms with van der Waals surface area (Å²) in [5.74, 6) is 0. The van der Waals surface area contributed by atoms with Gasteiger partial charge in [-0.1, -0.05) is 0 Å². The molecule has 0 aromatic rings. The van der Waals surface area contributed by atoms with Gasteiger partial charge in [-0.2, -0.15) is 9.90 Å². The van der Waals surface area contributed by atoms with Gasteiger partial charge >= 0.3 is 308 Å². The Hall–Kier alpha value is 10.2. The maximum absolute atomic E-state index is 0. The van der Waals surface area contributed by atoms with E-state index in [1.807, 2.05) is 0 Å². The third kappa shape index (κ3) is 31.4. The van der Waals surface area contributed by atoms with Crippen LogP contribution in [0, 0.1) is 0 Å². The molecule has 0 N–H and O–H groups in total. The van der Waals surface area contributed by atoms with Crippen molar-refractivity contribution in [2.24, 2.45) is 0 Å². The van der Waals surface area contributed by atoms with Crippen LogP contribution in [0.5, 0.6) is 0 Å². The molecule has 0 aliphatic carbocycles. The van der Waals surface area contributed by atoms with Crippen LogP contribution in [0.15, 0.2) is 0 Å². The van der Waals surface area contributed by atoms with E-state index >= 15 is 0 Å². The van der Waals surface area contributed by atoms with Crippen molar-refractivity contribution in [3.63, 3.8) is 0 Å². The van der Waals surface area contributed by atoms with Gasteiger partial charge in [0.15, 0.2) is 0 Å². The SMILES string of the molecule is P.[H-].[H-].[H-].[H-].[H-].[H-].[K+].[K+].[K+].[K+].[K+].[K+]. The first-order valence-electron chi connectivity index (χ1n) is 0. The van der Waals surface area contributed by atoms with E-state index in [0.717, 1.165) is 0 Å². The minimum atomic E-state index is 0. The summed E-state index contributed by atoms with van der Waals surface area (Å²) in [5, 5.41) is 0. The second-order valence-corrected chi connectivity index (χ2v) is 0. The topological polar surface area (TPSA) is 0 Å². The summed E-state index contributed by atoms with van der Waals surface area (Å²) in [6.45, 7) is 0. The quantitative estimate of drug-likeness (QED) is 0.304. The summed E-state index contributed by atoms with van der Waals surface area (Å²) < 4.78 is 0. The van der Waals surface area contributed by atoms with Crippen LogP contribution in [0.25, 0.3) is 0 Å². The van der Waals surface area contributed by atoms with Crippen molar-refractivity contribution in [2.75, 3.05) is 0 Å². The van der Waals surface area contributed by atoms with Crippen molar-refractivity contribution >= 4 is 9.90 Å². The second-order valence-electron chi connectivity index (χ2n) is 0. The Morgan fingerprint density at radius 1 is 0.429 bits per heavy atom. The molecule has 20 valence electrons. The number of hydrogen-bond donors (Lipinski definition) is 0. The van der Waals surface area contributed by atoms with Crippen molar-refractivity contribution in [1.29, 1.82) is 0 Å². The molecule has 0 nitrogen and oxygen atoms in total. The molecule has 0 rings (SSSR count). The molecule has 0 spiro atoms. The van der Waals surface area contributed by atoms with Crippen LogP contribution < -0.4 is 308 Å². The summed E-state index contributed by atoms with van der Waals surface area (Å²) in [6, 6.07) is 0. The van der Waals surface area contributed by atoms with E-state index in [2.05, 4.69) is 0 Å².